The summed E-state index contributed by atoms with van der Waals surface area (Å²) in [4.78, 5) is 23.9. The van der Waals surface area contributed by atoms with E-state index in [1.54, 1.807) is 6.33 Å². The van der Waals surface area contributed by atoms with Crippen LogP contribution in [0, 0.1) is 5.92 Å². The molecule has 1 aromatic carbocycles. The number of hydrogen-bond acceptors (Lipinski definition) is 4. The molecule has 0 spiro atoms. The molecule has 1 fully saturated rings. The van der Waals surface area contributed by atoms with Crippen molar-refractivity contribution in [1.29, 1.82) is 0 Å². The first kappa shape index (κ1) is 19.1. The van der Waals surface area contributed by atoms with E-state index >= 15 is 0 Å². The van der Waals surface area contributed by atoms with Crippen LogP contribution >= 0.6 is 0 Å². The van der Waals surface area contributed by atoms with Gasteiger partial charge in [-0.05, 0) is 30.7 Å². The van der Waals surface area contributed by atoms with Gasteiger partial charge in [0.25, 0.3) is 0 Å². The van der Waals surface area contributed by atoms with Crippen LogP contribution in [0.5, 0.6) is 0 Å². The molecule has 2 aliphatic rings. The van der Waals surface area contributed by atoms with E-state index in [-0.39, 0.29) is 5.91 Å². The number of rotatable bonds is 5. The van der Waals surface area contributed by atoms with Crippen LogP contribution in [0.2, 0.25) is 0 Å². The number of amides is 1. The minimum Gasteiger partial charge on any atom is -0.310 e. The molecule has 148 valence electrons. The molecule has 2 aromatic rings. The maximum absolute atomic E-state index is 12.6. The Labute approximate surface area is 167 Å². The molecule has 1 aromatic heterocycles. The van der Waals surface area contributed by atoms with E-state index < -0.39 is 0 Å². The smallest absolute Gasteiger partial charge is 0.225 e. The molecule has 1 N–H and O–H groups in total. The number of nitrogens with zero attached hydrogens (tertiary/aromatic N) is 3. The van der Waals surface area contributed by atoms with Crippen LogP contribution < -0.4 is 5.32 Å². The molecule has 0 unspecified atom stereocenters. The van der Waals surface area contributed by atoms with Gasteiger partial charge in [-0.3, -0.25) is 9.69 Å². The zero-order chi connectivity index (χ0) is 19.2. The van der Waals surface area contributed by atoms with Gasteiger partial charge in [-0.25, -0.2) is 9.97 Å². The van der Waals surface area contributed by atoms with E-state index in [1.807, 2.05) is 6.07 Å². The molecule has 1 aliphatic carbocycles. The monoisotopic (exact) mass is 378 g/mol. The second-order valence-electron chi connectivity index (χ2n) is 8.20. The van der Waals surface area contributed by atoms with Crippen molar-refractivity contribution in [3.8, 4) is 0 Å². The number of carbonyl (C=O) groups is 1. The third kappa shape index (κ3) is 4.96. The van der Waals surface area contributed by atoms with Gasteiger partial charge in [0.2, 0.25) is 5.91 Å². The van der Waals surface area contributed by atoms with Crippen molar-refractivity contribution in [2.75, 3.05) is 11.9 Å². The van der Waals surface area contributed by atoms with Crippen LogP contribution in [0.3, 0.4) is 0 Å². The Hall–Kier alpha value is -2.27. The standard InChI is InChI=1S/C23H30N4O/c28-22(14-18-8-4-1-2-5-9-18)26-23-20-12-13-27(16-21(20)24-17-25-23)15-19-10-6-3-7-11-19/h3,6-7,10-11,17-18H,1-2,4-5,8-9,12-16H2,(H,24,25,26,28). The summed E-state index contributed by atoms with van der Waals surface area (Å²) in [6.07, 6.45) is 10.6. The molecule has 1 amide bonds. The topological polar surface area (TPSA) is 58.1 Å². The van der Waals surface area contributed by atoms with E-state index in [0.29, 0.717) is 12.3 Å². The van der Waals surface area contributed by atoms with Crippen molar-refractivity contribution in [3.05, 3.63) is 53.5 Å². The first-order valence-electron chi connectivity index (χ1n) is 10.7. The summed E-state index contributed by atoms with van der Waals surface area (Å²) in [5.41, 5.74) is 3.47. The van der Waals surface area contributed by atoms with Crippen LogP contribution in [-0.2, 0) is 24.3 Å². The molecule has 5 nitrogen and oxygen atoms in total. The Bertz CT molecular complexity index is 784. The predicted molar refractivity (Wildman–Crippen MR) is 111 cm³/mol. The average molecular weight is 379 g/mol. The summed E-state index contributed by atoms with van der Waals surface area (Å²) < 4.78 is 0. The number of carbonyl (C=O) groups excluding carboxylic acids is 1. The third-order valence-electron chi connectivity index (χ3n) is 6.04. The van der Waals surface area contributed by atoms with Gasteiger partial charge in [-0.2, -0.15) is 0 Å². The number of fused-ring (bicyclic) bond motifs is 1. The highest BCUT2D eigenvalue weighted by molar-refractivity contribution is 5.90. The zero-order valence-corrected chi connectivity index (χ0v) is 16.6. The molecule has 2 heterocycles. The lowest BCUT2D eigenvalue weighted by Crippen LogP contribution is -2.32. The van der Waals surface area contributed by atoms with Gasteiger partial charge in [0.05, 0.1) is 5.69 Å². The summed E-state index contributed by atoms with van der Waals surface area (Å²) in [6.45, 7) is 2.69. The van der Waals surface area contributed by atoms with Crippen LogP contribution in [-0.4, -0.2) is 27.3 Å². The Morgan fingerprint density at radius 1 is 1.07 bits per heavy atom. The highest BCUT2D eigenvalue weighted by Gasteiger charge is 2.23. The maximum Gasteiger partial charge on any atom is 0.225 e. The third-order valence-corrected chi connectivity index (χ3v) is 6.04. The first-order chi connectivity index (χ1) is 13.8. The van der Waals surface area contributed by atoms with Gasteiger partial charge in [0.15, 0.2) is 0 Å². The summed E-state index contributed by atoms with van der Waals surface area (Å²) in [7, 11) is 0. The second-order valence-corrected chi connectivity index (χ2v) is 8.20. The van der Waals surface area contributed by atoms with Gasteiger partial charge >= 0.3 is 0 Å². The molecule has 28 heavy (non-hydrogen) atoms. The summed E-state index contributed by atoms with van der Waals surface area (Å²) >= 11 is 0. The van der Waals surface area contributed by atoms with Crippen LogP contribution in [0.15, 0.2) is 36.7 Å². The van der Waals surface area contributed by atoms with Crippen LogP contribution in [0.1, 0.15) is 61.8 Å². The SMILES string of the molecule is O=C(CC1CCCCCC1)Nc1ncnc2c1CCN(Cc1ccccc1)C2. The summed E-state index contributed by atoms with van der Waals surface area (Å²) in [6, 6.07) is 10.5. The fourth-order valence-corrected chi connectivity index (χ4v) is 4.51. The highest BCUT2D eigenvalue weighted by Crippen LogP contribution is 2.27. The van der Waals surface area contributed by atoms with Crippen molar-refractivity contribution in [1.82, 2.24) is 14.9 Å². The lowest BCUT2D eigenvalue weighted by molar-refractivity contribution is -0.117. The molecule has 1 saturated carbocycles. The van der Waals surface area contributed by atoms with Gasteiger partial charge < -0.3 is 5.32 Å². The molecule has 5 heteroatoms. The normalized spacial score (nSPS) is 18.3. The minimum atomic E-state index is 0.111. The van der Waals surface area contributed by atoms with Crippen molar-refractivity contribution in [3.63, 3.8) is 0 Å². The van der Waals surface area contributed by atoms with Gasteiger partial charge in [-0.1, -0.05) is 56.0 Å². The van der Waals surface area contributed by atoms with E-state index in [2.05, 4.69) is 44.5 Å². The Balaban J connectivity index is 1.37. The molecule has 0 atom stereocenters. The van der Waals surface area contributed by atoms with Gasteiger partial charge in [0.1, 0.15) is 12.1 Å². The number of aromatic nitrogens is 2. The van der Waals surface area contributed by atoms with E-state index in [1.165, 1.54) is 44.1 Å². The first-order valence-corrected chi connectivity index (χ1v) is 10.7. The number of nitrogens with one attached hydrogen (secondary N) is 1. The lowest BCUT2D eigenvalue weighted by atomic mass is 9.96. The van der Waals surface area contributed by atoms with Crippen molar-refractivity contribution in [2.24, 2.45) is 5.92 Å². The molecule has 1 aliphatic heterocycles. The molecular weight excluding hydrogens is 348 g/mol. The molecule has 4 rings (SSSR count). The lowest BCUT2D eigenvalue weighted by Gasteiger charge is -2.28. The maximum atomic E-state index is 12.6. The Kier molecular flexibility index (Phi) is 6.32. The Morgan fingerprint density at radius 3 is 2.64 bits per heavy atom. The van der Waals surface area contributed by atoms with E-state index in [9.17, 15) is 4.79 Å². The summed E-state index contributed by atoms with van der Waals surface area (Å²) in [5, 5.41) is 3.09. The molecular formula is C23H30N4O. The molecule has 0 saturated heterocycles. The van der Waals surface area contributed by atoms with Crippen molar-refractivity contribution < 1.29 is 4.79 Å². The molecule has 0 bridgehead atoms. The van der Waals surface area contributed by atoms with E-state index in [4.69, 9.17) is 0 Å². The Morgan fingerprint density at radius 2 is 1.86 bits per heavy atom. The highest BCUT2D eigenvalue weighted by atomic mass is 16.1. The van der Waals surface area contributed by atoms with Crippen molar-refractivity contribution >= 4 is 11.7 Å². The van der Waals surface area contributed by atoms with Crippen LogP contribution in [0.4, 0.5) is 5.82 Å². The van der Waals surface area contributed by atoms with Gasteiger partial charge in [0, 0.05) is 31.6 Å². The fraction of sp³-hybridized carbons (Fsp3) is 0.522. The largest absolute Gasteiger partial charge is 0.310 e. The van der Waals surface area contributed by atoms with E-state index in [0.717, 1.165) is 43.1 Å². The van der Waals surface area contributed by atoms with Gasteiger partial charge in [-0.15, -0.1) is 0 Å². The minimum absolute atomic E-state index is 0.111. The average Bonchev–Trinajstić information content (AvgIpc) is 2.97. The predicted octanol–water partition coefficient (Wildman–Crippen LogP) is 4.33. The van der Waals surface area contributed by atoms with Crippen LogP contribution in [0.25, 0.3) is 0 Å². The number of benzene rings is 1. The number of hydrogen-bond donors (Lipinski definition) is 1. The quantitative estimate of drug-likeness (QED) is 0.787. The zero-order valence-electron chi connectivity index (χ0n) is 16.6. The fourth-order valence-electron chi connectivity index (χ4n) is 4.51. The van der Waals surface area contributed by atoms with Crippen molar-refractivity contribution in [2.45, 2.75) is 64.5 Å². The second kappa shape index (κ2) is 9.28. The number of anilines is 1. The molecule has 0 radical (unpaired) electrons. The summed E-state index contributed by atoms with van der Waals surface area (Å²) in [5.74, 6) is 1.36.